The molecule has 0 aliphatic rings. The van der Waals surface area contributed by atoms with Crippen LogP contribution in [0.5, 0.6) is 0 Å². The highest BCUT2D eigenvalue weighted by atomic mass is 79.9. The summed E-state index contributed by atoms with van der Waals surface area (Å²) < 4.78 is 4.77. The van der Waals surface area contributed by atoms with Gasteiger partial charge in [-0.25, -0.2) is 0 Å². The van der Waals surface area contributed by atoms with Crippen molar-refractivity contribution in [1.82, 2.24) is 5.32 Å². The van der Waals surface area contributed by atoms with Crippen molar-refractivity contribution in [2.24, 2.45) is 5.92 Å². The summed E-state index contributed by atoms with van der Waals surface area (Å²) in [5, 5.41) is 2.77. The topological polar surface area (TPSA) is 55.4 Å². The molecule has 0 saturated carbocycles. The molecule has 16 heavy (non-hydrogen) atoms. The first-order valence-electron chi connectivity index (χ1n) is 5.56. The molecule has 1 atom stereocenters. The molecule has 0 aliphatic heterocycles. The van der Waals surface area contributed by atoms with E-state index in [0.29, 0.717) is 26.0 Å². The van der Waals surface area contributed by atoms with Crippen molar-refractivity contribution < 1.29 is 14.3 Å². The van der Waals surface area contributed by atoms with Crippen LogP contribution in [-0.2, 0) is 14.3 Å². The molecule has 0 rings (SSSR count). The molecule has 0 aromatic carbocycles. The van der Waals surface area contributed by atoms with E-state index < -0.39 is 0 Å². The van der Waals surface area contributed by atoms with Crippen molar-refractivity contribution in [2.45, 2.75) is 38.4 Å². The number of amides is 1. The van der Waals surface area contributed by atoms with Gasteiger partial charge in [0.2, 0.25) is 5.91 Å². The van der Waals surface area contributed by atoms with Crippen molar-refractivity contribution >= 4 is 27.8 Å². The van der Waals surface area contributed by atoms with Gasteiger partial charge >= 0.3 is 5.97 Å². The second-order valence-corrected chi connectivity index (χ2v) is 4.83. The third-order valence-corrected chi connectivity index (χ3v) is 3.47. The van der Waals surface area contributed by atoms with E-state index in [9.17, 15) is 9.59 Å². The highest BCUT2D eigenvalue weighted by Crippen LogP contribution is 2.11. The Morgan fingerprint density at radius 3 is 2.50 bits per heavy atom. The number of ether oxygens (including phenoxy) is 1. The molecule has 4 nitrogen and oxygen atoms in total. The third-order valence-electron chi connectivity index (χ3n) is 2.00. The van der Waals surface area contributed by atoms with Gasteiger partial charge in [-0.15, -0.1) is 0 Å². The molecule has 94 valence electrons. The maximum Gasteiger partial charge on any atom is 0.305 e. The summed E-state index contributed by atoms with van der Waals surface area (Å²) >= 11 is 3.31. The van der Waals surface area contributed by atoms with Crippen LogP contribution in [0.4, 0.5) is 0 Å². The summed E-state index contributed by atoms with van der Waals surface area (Å²) in [6.45, 7) is 6.63. The fraction of sp³-hybridized carbons (Fsp3) is 0.818. The zero-order chi connectivity index (χ0) is 12.6. The van der Waals surface area contributed by atoms with Gasteiger partial charge in [-0.05, 0) is 19.3 Å². The maximum absolute atomic E-state index is 11.5. The van der Waals surface area contributed by atoms with Crippen molar-refractivity contribution in [3.05, 3.63) is 0 Å². The minimum absolute atomic E-state index is 0.0288. The van der Waals surface area contributed by atoms with Crippen LogP contribution in [0, 0.1) is 5.92 Å². The molecule has 0 aromatic rings. The quantitative estimate of drug-likeness (QED) is 0.443. The Hall–Kier alpha value is -0.580. The van der Waals surface area contributed by atoms with Gasteiger partial charge in [0.15, 0.2) is 0 Å². The molecule has 0 spiro atoms. The summed E-state index contributed by atoms with van der Waals surface area (Å²) in [5.41, 5.74) is 0. The predicted molar refractivity (Wildman–Crippen MR) is 66.4 cm³/mol. The predicted octanol–water partition coefficient (Wildman–Crippen LogP) is 1.87. The molecule has 0 fully saturated rings. The van der Waals surface area contributed by atoms with Crippen molar-refractivity contribution in [3.8, 4) is 0 Å². The summed E-state index contributed by atoms with van der Waals surface area (Å²) in [5.74, 6) is 0.0138. The lowest BCUT2D eigenvalue weighted by molar-refractivity contribution is -0.143. The highest BCUT2D eigenvalue weighted by molar-refractivity contribution is 9.10. The van der Waals surface area contributed by atoms with E-state index in [-0.39, 0.29) is 22.6 Å². The van der Waals surface area contributed by atoms with E-state index in [4.69, 9.17) is 4.74 Å². The van der Waals surface area contributed by atoms with Crippen LogP contribution >= 0.6 is 15.9 Å². The zero-order valence-electron chi connectivity index (χ0n) is 10.1. The third kappa shape index (κ3) is 6.82. The number of esters is 1. The van der Waals surface area contributed by atoms with E-state index in [1.807, 2.05) is 13.8 Å². The van der Waals surface area contributed by atoms with E-state index in [1.54, 1.807) is 6.92 Å². The van der Waals surface area contributed by atoms with Gasteiger partial charge in [-0.3, -0.25) is 9.59 Å². The fourth-order valence-corrected chi connectivity index (χ4v) is 1.24. The Labute approximate surface area is 105 Å². The van der Waals surface area contributed by atoms with Crippen LogP contribution in [-0.4, -0.2) is 29.9 Å². The van der Waals surface area contributed by atoms with Crippen molar-refractivity contribution in [2.75, 3.05) is 13.2 Å². The summed E-state index contributed by atoms with van der Waals surface area (Å²) in [7, 11) is 0. The van der Waals surface area contributed by atoms with Crippen LogP contribution in [0.2, 0.25) is 0 Å². The average Bonchev–Trinajstić information content (AvgIpc) is 2.23. The second-order valence-electron chi connectivity index (χ2n) is 3.85. The van der Waals surface area contributed by atoms with E-state index in [2.05, 4.69) is 21.2 Å². The fourth-order valence-electron chi connectivity index (χ4n) is 1.08. The van der Waals surface area contributed by atoms with E-state index in [0.717, 1.165) is 0 Å². The van der Waals surface area contributed by atoms with Crippen LogP contribution in [0.25, 0.3) is 0 Å². The first-order valence-corrected chi connectivity index (χ1v) is 6.48. The van der Waals surface area contributed by atoms with E-state index in [1.165, 1.54) is 0 Å². The summed E-state index contributed by atoms with van der Waals surface area (Å²) in [4.78, 5) is 22.3. The average molecular weight is 294 g/mol. The Bertz CT molecular complexity index is 231. The number of nitrogens with one attached hydrogen (secondary N) is 1. The van der Waals surface area contributed by atoms with Gasteiger partial charge in [-0.2, -0.15) is 0 Å². The molecule has 0 heterocycles. The van der Waals surface area contributed by atoms with Gasteiger partial charge < -0.3 is 10.1 Å². The number of hydrogen-bond acceptors (Lipinski definition) is 3. The monoisotopic (exact) mass is 293 g/mol. The zero-order valence-corrected chi connectivity index (χ0v) is 11.7. The maximum atomic E-state index is 11.5. The lowest BCUT2D eigenvalue weighted by Gasteiger charge is -2.13. The van der Waals surface area contributed by atoms with Crippen LogP contribution in [0.3, 0.4) is 0 Å². The van der Waals surface area contributed by atoms with E-state index >= 15 is 0 Å². The molecule has 0 bridgehead atoms. The highest BCUT2D eigenvalue weighted by Gasteiger charge is 2.17. The first-order chi connectivity index (χ1) is 7.49. The minimum Gasteiger partial charge on any atom is -0.466 e. The van der Waals surface area contributed by atoms with Gasteiger partial charge in [0.25, 0.3) is 0 Å². The molecule has 1 amide bonds. The lowest BCUT2D eigenvalue weighted by atomic mass is 10.1. The van der Waals surface area contributed by atoms with Gasteiger partial charge in [0.05, 0.1) is 11.4 Å². The summed E-state index contributed by atoms with van der Waals surface area (Å²) in [6.07, 6.45) is 0.963. The number of hydrogen-bond donors (Lipinski definition) is 1. The van der Waals surface area contributed by atoms with Gasteiger partial charge in [0.1, 0.15) is 0 Å². The number of rotatable bonds is 7. The molecule has 0 radical (unpaired) electrons. The standard InChI is InChI=1S/C11H20BrNO3/c1-4-16-9(14)6-5-7-13-11(15)10(12)8(2)3/h8,10H,4-7H2,1-3H3,(H,13,15). The van der Waals surface area contributed by atoms with Gasteiger partial charge in [0, 0.05) is 13.0 Å². The first kappa shape index (κ1) is 15.4. The van der Waals surface area contributed by atoms with Crippen molar-refractivity contribution in [3.63, 3.8) is 0 Å². The number of carbonyl (C=O) groups is 2. The van der Waals surface area contributed by atoms with Gasteiger partial charge in [-0.1, -0.05) is 29.8 Å². The minimum atomic E-state index is -0.212. The Morgan fingerprint density at radius 1 is 1.38 bits per heavy atom. The Balaban J connectivity index is 3.59. The van der Waals surface area contributed by atoms with Crippen LogP contribution in [0.1, 0.15) is 33.6 Å². The number of halogens is 1. The smallest absolute Gasteiger partial charge is 0.305 e. The van der Waals surface area contributed by atoms with Crippen LogP contribution in [0.15, 0.2) is 0 Å². The summed E-state index contributed by atoms with van der Waals surface area (Å²) in [6, 6.07) is 0. The molecule has 1 unspecified atom stereocenters. The molecule has 0 aliphatic carbocycles. The Morgan fingerprint density at radius 2 is 2.00 bits per heavy atom. The lowest BCUT2D eigenvalue weighted by Crippen LogP contribution is -2.34. The molecule has 1 N–H and O–H groups in total. The molecular formula is C11H20BrNO3. The molecule has 0 aromatic heterocycles. The van der Waals surface area contributed by atoms with Crippen molar-refractivity contribution in [1.29, 1.82) is 0 Å². The second kappa shape index (κ2) is 8.56. The Kier molecular flexibility index (Phi) is 8.25. The molecule has 0 saturated heterocycles. The normalized spacial score (nSPS) is 12.3. The number of carbonyl (C=O) groups excluding carboxylic acids is 2. The molecular weight excluding hydrogens is 274 g/mol. The number of alkyl halides is 1. The largest absolute Gasteiger partial charge is 0.466 e. The van der Waals surface area contributed by atoms with Crippen LogP contribution < -0.4 is 5.32 Å². The SMILES string of the molecule is CCOC(=O)CCCNC(=O)C(Br)C(C)C. The molecule has 5 heteroatoms.